The molecule has 0 saturated carbocycles. The van der Waals surface area contributed by atoms with Crippen molar-refractivity contribution in [2.75, 3.05) is 6.54 Å². The van der Waals surface area contributed by atoms with Crippen LogP contribution in [0.2, 0.25) is 0 Å². The van der Waals surface area contributed by atoms with Crippen LogP contribution in [0.15, 0.2) is 24.5 Å². The predicted molar refractivity (Wildman–Crippen MR) is 61.5 cm³/mol. The summed E-state index contributed by atoms with van der Waals surface area (Å²) in [4.78, 5) is 4.27. The average Bonchev–Trinajstić information content (AvgIpc) is 2.77. The molecule has 0 amide bonds. The normalized spacial score (nSPS) is 29.0. The van der Waals surface area contributed by atoms with Crippen LogP contribution in [0.4, 0.5) is 0 Å². The number of hydrogen-bond acceptors (Lipinski definition) is 2. The molecule has 1 aliphatic carbocycles. The number of aryl methyl sites for hydroxylation is 1. The van der Waals surface area contributed by atoms with Gasteiger partial charge in [0.15, 0.2) is 0 Å². The van der Waals surface area contributed by atoms with Gasteiger partial charge in [-0.05, 0) is 55.0 Å². The van der Waals surface area contributed by atoms with Crippen LogP contribution in [0.5, 0.6) is 0 Å². The fraction of sp³-hybridized carbons (Fsp3) is 0.462. The minimum absolute atomic E-state index is 0.591. The first-order valence-electron chi connectivity index (χ1n) is 5.70. The van der Waals surface area contributed by atoms with Gasteiger partial charge in [-0.15, -0.1) is 0 Å². The van der Waals surface area contributed by atoms with E-state index in [9.17, 15) is 0 Å². The van der Waals surface area contributed by atoms with Crippen LogP contribution in [-0.4, -0.2) is 17.6 Å². The van der Waals surface area contributed by atoms with Crippen molar-refractivity contribution in [2.45, 2.75) is 25.8 Å². The molecule has 1 saturated heterocycles. The number of allylic oxidation sites excluding steroid dienone is 1. The highest BCUT2D eigenvalue weighted by Gasteiger charge is 2.33. The fourth-order valence-corrected chi connectivity index (χ4v) is 2.79. The van der Waals surface area contributed by atoms with Gasteiger partial charge >= 0.3 is 0 Å². The van der Waals surface area contributed by atoms with Crippen molar-refractivity contribution in [3.63, 3.8) is 0 Å². The topological polar surface area (TPSA) is 24.9 Å². The molecule has 78 valence electrons. The summed E-state index contributed by atoms with van der Waals surface area (Å²) in [6.07, 6.45) is 8.85. The average molecular weight is 200 g/mol. The molecule has 1 aromatic rings. The maximum Gasteiger partial charge on any atom is 0.0355 e. The molecule has 1 aromatic heterocycles. The van der Waals surface area contributed by atoms with E-state index in [2.05, 4.69) is 29.4 Å². The zero-order valence-corrected chi connectivity index (χ0v) is 9.03. The Bertz CT molecular complexity index is 409. The summed E-state index contributed by atoms with van der Waals surface area (Å²) in [7, 11) is 0. The highest BCUT2D eigenvalue weighted by molar-refractivity contribution is 5.72. The van der Waals surface area contributed by atoms with Gasteiger partial charge in [-0.25, -0.2) is 0 Å². The Morgan fingerprint density at radius 2 is 2.33 bits per heavy atom. The van der Waals surface area contributed by atoms with Crippen LogP contribution in [-0.2, 0) is 0 Å². The third-order valence-electron chi connectivity index (χ3n) is 3.53. The summed E-state index contributed by atoms with van der Waals surface area (Å²) in [6, 6.07) is 2.83. The Kier molecular flexibility index (Phi) is 2.10. The molecule has 3 rings (SSSR count). The van der Waals surface area contributed by atoms with Crippen molar-refractivity contribution >= 4 is 5.57 Å². The lowest BCUT2D eigenvalue weighted by Crippen LogP contribution is -2.24. The molecule has 1 aliphatic heterocycles. The Hall–Kier alpha value is -1.15. The van der Waals surface area contributed by atoms with Crippen LogP contribution in [0, 0.1) is 12.8 Å². The number of fused-ring (bicyclic) bond motifs is 1. The van der Waals surface area contributed by atoms with Gasteiger partial charge in [-0.1, -0.05) is 6.08 Å². The molecule has 1 N–H and O–H groups in total. The van der Waals surface area contributed by atoms with Crippen LogP contribution >= 0.6 is 0 Å². The molecule has 0 radical (unpaired) electrons. The molecule has 0 aromatic carbocycles. The highest BCUT2D eigenvalue weighted by Crippen LogP contribution is 2.37. The SMILES string of the molecule is Cc1cncc(C2=CC[C@@H]3CCN[C@H]23)c1. The van der Waals surface area contributed by atoms with Gasteiger partial charge in [0.25, 0.3) is 0 Å². The van der Waals surface area contributed by atoms with Gasteiger partial charge in [0.2, 0.25) is 0 Å². The number of nitrogens with one attached hydrogen (secondary N) is 1. The third-order valence-corrected chi connectivity index (χ3v) is 3.53. The van der Waals surface area contributed by atoms with Gasteiger partial charge in [0.1, 0.15) is 0 Å². The summed E-state index contributed by atoms with van der Waals surface area (Å²) >= 11 is 0. The first-order chi connectivity index (χ1) is 7.34. The number of nitrogens with zero attached hydrogens (tertiary/aromatic N) is 1. The molecule has 2 aliphatic rings. The smallest absolute Gasteiger partial charge is 0.0355 e. The second kappa shape index (κ2) is 3.46. The lowest BCUT2D eigenvalue weighted by Gasteiger charge is -2.15. The maximum absolute atomic E-state index is 4.27. The molecule has 0 unspecified atom stereocenters. The Morgan fingerprint density at radius 1 is 1.40 bits per heavy atom. The number of pyridine rings is 1. The quantitative estimate of drug-likeness (QED) is 0.751. The number of aromatic nitrogens is 1. The van der Waals surface area contributed by atoms with Gasteiger partial charge in [-0.3, -0.25) is 4.98 Å². The van der Waals surface area contributed by atoms with Gasteiger partial charge in [0.05, 0.1) is 0 Å². The van der Waals surface area contributed by atoms with E-state index < -0.39 is 0 Å². The first kappa shape index (κ1) is 9.10. The molecule has 0 spiro atoms. The molecule has 2 heterocycles. The molecular formula is C13H16N2. The zero-order valence-electron chi connectivity index (χ0n) is 9.03. The Morgan fingerprint density at radius 3 is 3.20 bits per heavy atom. The van der Waals surface area contributed by atoms with E-state index >= 15 is 0 Å². The monoisotopic (exact) mass is 200 g/mol. The predicted octanol–water partition coefficient (Wildman–Crippen LogP) is 2.16. The van der Waals surface area contributed by atoms with Gasteiger partial charge in [-0.2, -0.15) is 0 Å². The molecule has 0 bridgehead atoms. The minimum atomic E-state index is 0.591. The van der Waals surface area contributed by atoms with E-state index in [-0.39, 0.29) is 0 Å². The maximum atomic E-state index is 4.27. The second-order valence-electron chi connectivity index (χ2n) is 4.63. The Labute approximate surface area is 90.4 Å². The van der Waals surface area contributed by atoms with E-state index in [0.29, 0.717) is 6.04 Å². The van der Waals surface area contributed by atoms with Gasteiger partial charge < -0.3 is 5.32 Å². The molecular weight excluding hydrogens is 184 g/mol. The number of rotatable bonds is 1. The lowest BCUT2D eigenvalue weighted by molar-refractivity contribution is 0.557. The van der Waals surface area contributed by atoms with E-state index in [1.54, 1.807) is 0 Å². The van der Waals surface area contributed by atoms with Crippen LogP contribution in [0.1, 0.15) is 24.0 Å². The standard InChI is InChI=1S/C13H16N2/c1-9-6-11(8-14-7-9)12-3-2-10-4-5-15-13(10)12/h3,6-8,10,13,15H,2,4-5H2,1H3/t10-,13+/m1/s1. The van der Waals surface area contributed by atoms with Crippen molar-refractivity contribution in [3.05, 3.63) is 35.7 Å². The second-order valence-corrected chi connectivity index (χ2v) is 4.63. The van der Waals surface area contributed by atoms with E-state index in [1.807, 2.05) is 12.4 Å². The third kappa shape index (κ3) is 1.49. The molecule has 1 fully saturated rings. The lowest BCUT2D eigenvalue weighted by atomic mass is 9.97. The zero-order chi connectivity index (χ0) is 10.3. The largest absolute Gasteiger partial charge is 0.310 e. The van der Waals surface area contributed by atoms with Gasteiger partial charge in [0, 0.05) is 18.4 Å². The molecule has 2 heteroatoms. The van der Waals surface area contributed by atoms with Crippen molar-refractivity contribution in [2.24, 2.45) is 5.92 Å². The van der Waals surface area contributed by atoms with Crippen LogP contribution in [0.3, 0.4) is 0 Å². The van der Waals surface area contributed by atoms with Crippen molar-refractivity contribution < 1.29 is 0 Å². The first-order valence-corrected chi connectivity index (χ1v) is 5.70. The molecule has 2 nitrogen and oxygen atoms in total. The summed E-state index contributed by atoms with van der Waals surface area (Å²) in [5, 5.41) is 3.59. The minimum Gasteiger partial charge on any atom is -0.310 e. The Balaban J connectivity index is 1.94. The molecule has 15 heavy (non-hydrogen) atoms. The summed E-state index contributed by atoms with van der Waals surface area (Å²) in [6.45, 7) is 3.28. The highest BCUT2D eigenvalue weighted by atomic mass is 15.0. The summed E-state index contributed by atoms with van der Waals surface area (Å²) in [5.74, 6) is 0.834. The van der Waals surface area contributed by atoms with E-state index in [0.717, 1.165) is 5.92 Å². The molecule has 2 atom stereocenters. The van der Waals surface area contributed by atoms with Crippen molar-refractivity contribution in [3.8, 4) is 0 Å². The van der Waals surface area contributed by atoms with Crippen LogP contribution in [0.25, 0.3) is 5.57 Å². The number of hydrogen-bond donors (Lipinski definition) is 1. The van der Waals surface area contributed by atoms with Crippen molar-refractivity contribution in [1.29, 1.82) is 0 Å². The van der Waals surface area contributed by atoms with Crippen molar-refractivity contribution in [1.82, 2.24) is 10.3 Å². The summed E-state index contributed by atoms with van der Waals surface area (Å²) < 4.78 is 0. The van der Waals surface area contributed by atoms with E-state index in [1.165, 1.54) is 36.1 Å². The van der Waals surface area contributed by atoms with Crippen LogP contribution < -0.4 is 5.32 Å². The summed E-state index contributed by atoms with van der Waals surface area (Å²) in [5.41, 5.74) is 4.01. The fourth-order valence-electron chi connectivity index (χ4n) is 2.79. The van der Waals surface area contributed by atoms with E-state index in [4.69, 9.17) is 0 Å².